The second-order valence-corrected chi connectivity index (χ2v) is 5.89. The van der Waals surface area contributed by atoms with Gasteiger partial charge < -0.3 is 15.2 Å². The fourth-order valence-electron chi connectivity index (χ4n) is 3.17. The van der Waals surface area contributed by atoms with Crippen molar-refractivity contribution in [2.75, 3.05) is 32.1 Å². The largest absolute Gasteiger partial charge is 0.497 e. The lowest BCUT2D eigenvalue weighted by Gasteiger charge is -2.35. The molecule has 0 bridgehead atoms. The minimum absolute atomic E-state index is 0.00677. The Morgan fingerprint density at radius 3 is 2.71 bits per heavy atom. The zero-order valence-electron chi connectivity index (χ0n) is 13.7. The third kappa shape index (κ3) is 3.58. The van der Waals surface area contributed by atoms with Gasteiger partial charge in [-0.25, -0.2) is 0 Å². The van der Waals surface area contributed by atoms with Crippen molar-refractivity contribution in [2.45, 2.75) is 12.5 Å². The van der Waals surface area contributed by atoms with Gasteiger partial charge in [-0.05, 0) is 41.8 Å². The number of amides is 1. The summed E-state index contributed by atoms with van der Waals surface area (Å²) in [6, 6.07) is 15.2. The first-order valence-electron chi connectivity index (χ1n) is 8.08. The molecule has 1 aliphatic heterocycles. The molecule has 0 aromatic heterocycles. The van der Waals surface area contributed by atoms with Gasteiger partial charge in [-0.1, -0.05) is 24.3 Å². The molecular weight excluding hydrogens is 304 g/mol. The minimum atomic E-state index is -0.128. The van der Waals surface area contributed by atoms with Crippen molar-refractivity contribution in [3.8, 4) is 5.75 Å². The Balaban J connectivity index is 1.65. The number of fused-ring (bicyclic) bond motifs is 1. The topological polar surface area (TPSA) is 61.8 Å². The van der Waals surface area contributed by atoms with E-state index >= 15 is 0 Å². The van der Waals surface area contributed by atoms with Crippen molar-refractivity contribution >= 4 is 11.6 Å². The highest BCUT2D eigenvalue weighted by Crippen LogP contribution is 2.29. The van der Waals surface area contributed by atoms with Crippen LogP contribution in [0.15, 0.2) is 48.5 Å². The van der Waals surface area contributed by atoms with E-state index in [2.05, 4.69) is 11.4 Å². The lowest BCUT2D eigenvalue weighted by atomic mass is 9.93. The van der Waals surface area contributed by atoms with Crippen molar-refractivity contribution in [3.63, 3.8) is 0 Å². The third-order valence-electron chi connectivity index (χ3n) is 4.42. The van der Waals surface area contributed by atoms with E-state index in [0.717, 1.165) is 30.0 Å². The summed E-state index contributed by atoms with van der Waals surface area (Å²) in [5, 5.41) is 12.7. The summed E-state index contributed by atoms with van der Waals surface area (Å²) < 4.78 is 5.11. The molecular formula is C19H22N2O3. The molecule has 0 fully saturated rings. The van der Waals surface area contributed by atoms with Crippen molar-refractivity contribution < 1.29 is 14.6 Å². The van der Waals surface area contributed by atoms with Crippen LogP contribution in [0.5, 0.6) is 5.75 Å². The summed E-state index contributed by atoms with van der Waals surface area (Å²) in [4.78, 5) is 14.4. The molecule has 0 saturated carbocycles. The Labute approximate surface area is 141 Å². The summed E-state index contributed by atoms with van der Waals surface area (Å²) in [7, 11) is 1.61. The van der Waals surface area contributed by atoms with Gasteiger partial charge in [0.1, 0.15) is 5.75 Å². The maximum Gasteiger partial charge on any atom is 0.238 e. The van der Waals surface area contributed by atoms with Crippen LogP contribution < -0.4 is 10.1 Å². The number of rotatable bonds is 5. The Bertz CT molecular complexity index is 700. The first kappa shape index (κ1) is 16.5. The number of carbonyl (C=O) groups is 1. The molecule has 1 aliphatic rings. The number of ether oxygens (including phenoxy) is 1. The second kappa shape index (κ2) is 7.47. The van der Waals surface area contributed by atoms with Crippen LogP contribution in [0.1, 0.15) is 17.2 Å². The molecule has 3 rings (SSSR count). The van der Waals surface area contributed by atoms with Crippen LogP contribution >= 0.6 is 0 Å². The maximum absolute atomic E-state index is 12.3. The monoisotopic (exact) mass is 326 g/mol. The van der Waals surface area contributed by atoms with Gasteiger partial charge in [0.25, 0.3) is 0 Å². The Kier molecular flexibility index (Phi) is 5.13. The molecule has 0 aliphatic carbocycles. The van der Waals surface area contributed by atoms with Gasteiger partial charge in [-0.2, -0.15) is 0 Å². The van der Waals surface area contributed by atoms with Gasteiger partial charge in [0.05, 0.1) is 26.3 Å². The maximum atomic E-state index is 12.3. The standard InChI is InChI=1S/C19H22N2O3/c1-24-16-8-6-15(7-9-16)20-19(23)12-21-11-10-14-4-2-3-5-17(14)18(21)13-22/h2-9,18,22H,10-13H2,1H3,(H,20,23). The number of nitrogens with zero attached hydrogens (tertiary/aromatic N) is 1. The van der Waals surface area contributed by atoms with Crippen LogP contribution in [0.3, 0.4) is 0 Å². The fraction of sp³-hybridized carbons (Fsp3) is 0.316. The summed E-state index contributed by atoms with van der Waals surface area (Å²) in [5.74, 6) is 0.666. The fourth-order valence-corrected chi connectivity index (χ4v) is 3.17. The van der Waals surface area contributed by atoms with Gasteiger partial charge in [-0.15, -0.1) is 0 Å². The first-order valence-corrected chi connectivity index (χ1v) is 8.08. The molecule has 0 saturated heterocycles. The van der Waals surface area contributed by atoms with Gasteiger partial charge in [-0.3, -0.25) is 9.69 Å². The van der Waals surface area contributed by atoms with Gasteiger partial charge in [0, 0.05) is 12.2 Å². The molecule has 1 heterocycles. The molecule has 5 nitrogen and oxygen atoms in total. The molecule has 0 spiro atoms. The highest BCUT2D eigenvalue weighted by molar-refractivity contribution is 5.92. The number of benzene rings is 2. The number of aliphatic hydroxyl groups excluding tert-OH is 1. The molecule has 2 aromatic rings. The van der Waals surface area contributed by atoms with Crippen molar-refractivity contribution in [3.05, 3.63) is 59.7 Å². The van der Waals surface area contributed by atoms with Gasteiger partial charge in [0.15, 0.2) is 0 Å². The molecule has 2 N–H and O–H groups in total. The molecule has 2 aromatic carbocycles. The molecule has 1 unspecified atom stereocenters. The Hall–Kier alpha value is -2.37. The van der Waals surface area contributed by atoms with Crippen LogP contribution in [-0.2, 0) is 11.2 Å². The number of methoxy groups -OCH3 is 1. The van der Waals surface area contributed by atoms with E-state index in [1.165, 1.54) is 5.56 Å². The number of nitrogens with one attached hydrogen (secondary N) is 1. The van der Waals surface area contributed by atoms with Crippen LogP contribution in [0, 0.1) is 0 Å². The minimum Gasteiger partial charge on any atom is -0.497 e. The Morgan fingerprint density at radius 1 is 1.25 bits per heavy atom. The number of aliphatic hydroxyl groups is 1. The average molecular weight is 326 g/mol. The van der Waals surface area contributed by atoms with Crippen molar-refractivity contribution in [2.24, 2.45) is 0 Å². The highest BCUT2D eigenvalue weighted by Gasteiger charge is 2.27. The molecule has 5 heteroatoms. The van der Waals surface area contributed by atoms with Gasteiger partial charge in [0.2, 0.25) is 5.91 Å². The predicted molar refractivity (Wildman–Crippen MR) is 93.2 cm³/mol. The number of carbonyl (C=O) groups excluding carboxylic acids is 1. The highest BCUT2D eigenvalue weighted by atomic mass is 16.5. The van der Waals surface area contributed by atoms with Crippen LogP contribution in [0.2, 0.25) is 0 Å². The Morgan fingerprint density at radius 2 is 2.00 bits per heavy atom. The quantitative estimate of drug-likeness (QED) is 0.884. The lowest BCUT2D eigenvalue weighted by molar-refractivity contribution is -0.118. The summed E-state index contributed by atoms with van der Waals surface area (Å²) in [5.41, 5.74) is 3.10. The first-order chi connectivity index (χ1) is 11.7. The summed E-state index contributed by atoms with van der Waals surface area (Å²) >= 11 is 0. The van der Waals surface area contributed by atoms with E-state index in [0.29, 0.717) is 0 Å². The second-order valence-electron chi connectivity index (χ2n) is 5.89. The molecule has 0 radical (unpaired) electrons. The van der Waals surface area contributed by atoms with E-state index in [1.807, 2.05) is 47.4 Å². The van der Waals surface area contributed by atoms with Crippen molar-refractivity contribution in [1.82, 2.24) is 4.90 Å². The number of anilines is 1. The van der Waals surface area contributed by atoms with E-state index in [-0.39, 0.29) is 25.1 Å². The van der Waals surface area contributed by atoms with E-state index in [1.54, 1.807) is 7.11 Å². The van der Waals surface area contributed by atoms with E-state index < -0.39 is 0 Å². The van der Waals surface area contributed by atoms with Crippen molar-refractivity contribution in [1.29, 1.82) is 0 Å². The zero-order valence-corrected chi connectivity index (χ0v) is 13.7. The number of hydrogen-bond donors (Lipinski definition) is 2. The third-order valence-corrected chi connectivity index (χ3v) is 4.42. The normalized spacial score (nSPS) is 17.2. The smallest absolute Gasteiger partial charge is 0.238 e. The molecule has 126 valence electrons. The van der Waals surface area contributed by atoms with Crippen LogP contribution in [-0.4, -0.2) is 42.7 Å². The molecule has 1 atom stereocenters. The summed E-state index contributed by atoms with van der Waals surface area (Å²) in [6.07, 6.45) is 0.891. The molecule has 1 amide bonds. The lowest BCUT2D eigenvalue weighted by Crippen LogP contribution is -2.42. The summed E-state index contributed by atoms with van der Waals surface area (Å²) in [6.45, 7) is 1.02. The van der Waals surface area contributed by atoms with E-state index in [9.17, 15) is 9.90 Å². The van der Waals surface area contributed by atoms with Gasteiger partial charge >= 0.3 is 0 Å². The van der Waals surface area contributed by atoms with E-state index in [4.69, 9.17) is 4.74 Å². The number of hydrogen-bond acceptors (Lipinski definition) is 4. The predicted octanol–water partition coefficient (Wildman–Crippen LogP) is 2.23. The zero-order chi connectivity index (χ0) is 16.9. The average Bonchev–Trinajstić information content (AvgIpc) is 2.62. The van der Waals surface area contributed by atoms with Crippen LogP contribution in [0.25, 0.3) is 0 Å². The molecule has 24 heavy (non-hydrogen) atoms. The van der Waals surface area contributed by atoms with Crippen LogP contribution in [0.4, 0.5) is 5.69 Å². The SMILES string of the molecule is COc1ccc(NC(=O)CN2CCc3ccccc3C2CO)cc1.